The lowest BCUT2D eigenvalue weighted by Gasteiger charge is -2.29. The minimum atomic E-state index is -0.391. The number of fused-ring (bicyclic) bond motifs is 1. The second-order valence-corrected chi connectivity index (χ2v) is 7.02. The lowest BCUT2D eigenvalue weighted by atomic mass is 9.92. The fourth-order valence-corrected chi connectivity index (χ4v) is 3.63. The lowest BCUT2D eigenvalue weighted by molar-refractivity contribution is 0.116. The second kappa shape index (κ2) is 7.05. The molecule has 4 rings (SSSR count). The molecule has 0 spiro atoms. The van der Waals surface area contributed by atoms with Crippen molar-refractivity contribution in [3.8, 4) is 17.0 Å². The van der Waals surface area contributed by atoms with E-state index >= 15 is 0 Å². The Hall–Kier alpha value is -2.44. The van der Waals surface area contributed by atoms with Gasteiger partial charge in [-0.1, -0.05) is 24.4 Å². The number of aromatic hydroxyl groups is 1. The van der Waals surface area contributed by atoms with Gasteiger partial charge in [0.25, 0.3) is 0 Å². The Morgan fingerprint density at radius 3 is 2.73 bits per heavy atom. The van der Waals surface area contributed by atoms with Gasteiger partial charge in [0.1, 0.15) is 11.4 Å². The van der Waals surface area contributed by atoms with Crippen molar-refractivity contribution in [2.24, 2.45) is 0 Å². The van der Waals surface area contributed by atoms with Gasteiger partial charge in [-0.05, 0) is 37.1 Å². The van der Waals surface area contributed by atoms with Crippen molar-refractivity contribution in [3.05, 3.63) is 41.7 Å². The van der Waals surface area contributed by atoms with E-state index in [1.807, 2.05) is 6.07 Å². The van der Waals surface area contributed by atoms with E-state index in [-0.39, 0.29) is 11.8 Å². The molecule has 1 aliphatic carbocycles. The molecular formula is C19H19ClN4O2. The first-order chi connectivity index (χ1) is 12.6. The summed E-state index contributed by atoms with van der Waals surface area (Å²) >= 11 is 5.93. The third-order valence-corrected chi connectivity index (χ3v) is 5.08. The van der Waals surface area contributed by atoms with Gasteiger partial charge in [-0.2, -0.15) is 0 Å². The van der Waals surface area contributed by atoms with Crippen molar-refractivity contribution in [3.63, 3.8) is 0 Å². The molecule has 0 radical (unpaired) electrons. The molecule has 134 valence electrons. The molecule has 1 aromatic carbocycles. The Bertz CT molecular complexity index is 950. The average Bonchev–Trinajstić information content (AvgIpc) is 2.64. The number of aliphatic hydroxyl groups excluding tert-OH is 1. The molecule has 0 aliphatic heterocycles. The predicted molar refractivity (Wildman–Crippen MR) is 101 cm³/mol. The number of rotatable bonds is 3. The van der Waals surface area contributed by atoms with Crippen LogP contribution in [0.3, 0.4) is 0 Å². The Morgan fingerprint density at radius 1 is 1.08 bits per heavy atom. The molecule has 26 heavy (non-hydrogen) atoms. The molecule has 2 aromatic heterocycles. The Balaban J connectivity index is 1.78. The second-order valence-electron chi connectivity index (χ2n) is 6.58. The molecule has 0 saturated heterocycles. The number of anilines is 1. The molecule has 2 atom stereocenters. The SMILES string of the molecule is Oc1cc(Cl)ccc1-c1nnc(N[C@@H]2CCCC[C@H]2O)c2cnccc12. The standard InChI is InChI=1S/C19H19ClN4O2/c20-11-5-6-13(17(26)9-11)18-12-7-8-21-10-14(12)19(24-23-18)22-15-3-1-2-4-16(15)25/h5-10,15-16,25-26H,1-4H2,(H,22,24)/t15-,16-/m1/s1. The van der Waals surface area contributed by atoms with Crippen molar-refractivity contribution in [1.29, 1.82) is 0 Å². The van der Waals surface area contributed by atoms with Crippen LogP contribution in [0.1, 0.15) is 25.7 Å². The molecule has 7 heteroatoms. The van der Waals surface area contributed by atoms with Gasteiger partial charge in [-0.25, -0.2) is 0 Å². The van der Waals surface area contributed by atoms with Crippen molar-refractivity contribution < 1.29 is 10.2 Å². The van der Waals surface area contributed by atoms with E-state index in [2.05, 4.69) is 20.5 Å². The van der Waals surface area contributed by atoms with E-state index in [0.29, 0.717) is 22.1 Å². The summed E-state index contributed by atoms with van der Waals surface area (Å²) in [6.45, 7) is 0. The number of halogens is 1. The van der Waals surface area contributed by atoms with E-state index in [1.54, 1.807) is 24.5 Å². The predicted octanol–water partition coefficient (Wildman–Crippen LogP) is 3.77. The molecule has 1 aliphatic rings. The smallest absolute Gasteiger partial charge is 0.158 e. The van der Waals surface area contributed by atoms with E-state index in [1.165, 1.54) is 6.07 Å². The van der Waals surface area contributed by atoms with E-state index < -0.39 is 6.10 Å². The highest BCUT2D eigenvalue weighted by Gasteiger charge is 2.24. The maximum absolute atomic E-state index is 10.3. The molecule has 0 amide bonds. The van der Waals surface area contributed by atoms with Gasteiger partial charge in [0, 0.05) is 33.8 Å². The van der Waals surface area contributed by atoms with Crippen LogP contribution in [0.4, 0.5) is 5.82 Å². The normalized spacial score (nSPS) is 20.2. The Morgan fingerprint density at radius 2 is 1.92 bits per heavy atom. The number of pyridine rings is 1. The number of hydrogen-bond donors (Lipinski definition) is 3. The van der Waals surface area contributed by atoms with Gasteiger partial charge in [0.15, 0.2) is 5.82 Å². The summed E-state index contributed by atoms with van der Waals surface area (Å²) < 4.78 is 0. The third kappa shape index (κ3) is 3.18. The van der Waals surface area contributed by atoms with E-state index in [9.17, 15) is 10.2 Å². The average molecular weight is 371 g/mol. The van der Waals surface area contributed by atoms with Gasteiger partial charge < -0.3 is 15.5 Å². The van der Waals surface area contributed by atoms with Crippen molar-refractivity contribution in [2.75, 3.05) is 5.32 Å². The number of aliphatic hydroxyl groups is 1. The topological polar surface area (TPSA) is 91.2 Å². The van der Waals surface area contributed by atoms with Crippen molar-refractivity contribution in [1.82, 2.24) is 15.2 Å². The molecule has 0 unspecified atom stereocenters. The van der Waals surface area contributed by atoms with Gasteiger partial charge in [-0.15, -0.1) is 10.2 Å². The first-order valence-electron chi connectivity index (χ1n) is 8.67. The highest BCUT2D eigenvalue weighted by Crippen LogP contribution is 2.36. The Labute approximate surface area is 155 Å². The van der Waals surface area contributed by atoms with E-state index in [4.69, 9.17) is 11.6 Å². The highest BCUT2D eigenvalue weighted by atomic mass is 35.5. The number of hydrogen-bond acceptors (Lipinski definition) is 6. The first kappa shape index (κ1) is 17.0. The highest BCUT2D eigenvalue weighted by molar-refractivity contribution is 6.30. The van der Waals surface area contributed by atoms with Gasteiger partial charge in [-0.3, -0.25) is 4.98 Å². The molecule has 0 bridgehead atoms. The monoisotopic (exact) mass is 370 g/mol. The third-order valence-electron chi connectivity index (χ3n) is 4.85. The minimum absolute atomic E-state index is 0.0451. The lowest BCUT2D eigenvalue weighted by Crippen LogP contribution is -2.36. The van der Waals surface area contributed by atoms with Crippen LogP contribution >= 0.6 is 11.6 Å². The van der Waals surface area contributed by atoms with Crippen LogP contribution in [0.25, 0.3) is 22.0 Å². The van der Waals surface area contributed by atoms with Gasteiger partial charge >= 0.3 is 0 Å². The molecule has 2 heterocycles. The number of phenols is 1. The quantitative estimate of drug-likeness (QED) is 0.650. The molecular weight excluding hydrogens is 352 g/mol. The maximum Gasteiger partial charge on any atom is 0.158 e. The zero-order chi connectivity index (χ0) is 18.1. The van der Waals surface area contributed by atoms with Crippen LogP contribution in [-0.2, 0) is 0 Å². The number of nitrogens with one attached hydrogen (secondary N) is 1. The summed E-state index contributed by atoms with van der Waals surface area (Å²) in [6, 6.07) is 6.71. The summed E-state index contributed by atoms with van der Waals surface area (Å²) in [5.74, 6) is 0.643. The summed E-state index contributed by atoms with van der Waals surface area (Å²) in [4.78, 5) is 4.20. The maximum atomic E-state index is 10.3. The first-order valence-corrected chi connectivity index (χ1v) is 9.05. The van der Waals surface area contributed by atoms with Crippen LogP contribution < -0.4 is 5.32 Å². The summed E-state index contributed by atoms with van der Waals surface area (Å²) in [5, 5.41) is 34.5. The van der Waals surface area contributed by atoms with Crippen molar-refractivity contribution >= 4 is 28.2 Å². The summed E-state index contributed by atoms with van der Waals surface area (Å²) in [5.41, 5.74) is 1.12. The molecule has 6 nitrogen and oxygen atoms in total. The van der Waals surface area contributed by atoms with Crippen molar-refractivity contribution in [2.45, 2.75) is 37.8 Å². The van der Waals surface area contributed by atoms with Gasteiger partial charge in [0.2, 0.25) is 0 Å². The van der Waals surface area contributed by atoms with Crippen LogP contribution in [-0.4, -0.2) is 37.5 Å². The van der Waals surface area contributed by atoms with Crippen LogP contribution in [0.15, 0.2) is 36.7 Å². The van der Waals surface area contributed by atoms with Crippen LogP contribution in [0, 0.1) is 0 Å². The van der Waals surface area contributed by atoms with E-state index in [0.717, 1.165) is 36.5 Å². The molecule has 1 saturated carbocycles. The largest absolute Gasteiger partial charge is 0.507 e. The molecule has 1 fully saturated rings. The number of phenolic OH excluding ortho intramolecular Hbond substituents is 1. The fourth-order valence-electron chi connectivity index (χ4n) is 3.46. The summed E-state index contributed by atoms with van der Waals surface area (Å²) in [6.07, 6.45) is 6.81. The molecule has 3 N–H and O–H groups in total. The fraction of sp³-hybridized carbons (Fsp3) is 0.316. The summed E-state index contributed by atoms with van der Waals surface area (Å²) in [7, 11) is 0. The van der Waals surface area contributed by atoms with Crippen LogP contribution in [0.2, 0.25) is 5.02 Å². The number of benzene rings is 1. The van der Waals surface area contributed by atoms with Crippen LogP contribution in [0.5, 0.6) is 5.75 Å². The van der Waals surface area contributed by atoms with Gasteiger partial charge in [0.05, 0.1) is 12.1 Å². The molecule has 3 aromatic rings. The Kier molecular flexibility index (Phi) is 4.61. The number of nitrogens with zero attached hydrogens (tertiary/aromatic N) is 3. The minimum Gasteiger partial charge on any atom is -0.507 e. The zero-order valence-corrected chi connectivity index (χ0v) is 14.8. The zero-order valence-electron chi connectivity index (χ0n) is 14.1. The number of aromatic nitrogens is 3.